The Bertz CT molecular complexity index is 480. The summed E-state index contributed by atoms with van der Waals surface area (Å²) >= 11 is 3.00. The number of carbonyl (C=O) groups is 1. The molecule has 1 aliphatic rings. The van der Waals surface area contributed by atoms with Crippen molar-refractivity contribution in [3.05, 3.63) is 21.9 Å². The van der Waals surface area contributed by atoms with Crippen molar-refractivity contribution in [3.63, 3.8) is 0 Å². The topological polar surface area (TPSA) is 81.8 Å². The number of hydrogen-bond acceptors (Lipinski definition) is 4. The van der Waals surface area contributed by atoms with Crippen molar-refractivity contribution in [2.45, 2.75) is 5.92 Å². The molecule has 0 radical (unpaired) electrons. The van der Waals surface area contributed by atoms with E-state index in [1.807, 2.05) is 0 Å². The molecular formula is C10H9BrFNO4. The third-order valence-electron chi connectivity index (χ3n) is 2.47. The molecule has 0 aromatic heterocycles. The smallest absolute Gasteiger partial charge is 0.312 e. The molecule has 2 rings (SSSR count). The SMILES string of the molecule is NCC(C(=O)O)c1c(F)c(Br)cc2c1OCO2. The summed E-state index contributed by atoms with van der Waals surface area (Å²) in [6.45, 7) is -0.284. The average Bonchev–Trinajstić information content (AvgIpc) is 2.71. The molecule has 0 saturated carbocycles. The minimum Gasteiger partial charge on any atom is -0.481 e. The molecule has 7 heteroatoms. The van der Waals surface area contributed by atoms with Crippen molar-refractivity contribution in [2.75, 3.05) is 13.3 Å². The van der Waals surface area contributed by atoms with Crippen molar-refractivity contribution in [1.29, 1.82) is 0 Å². The molecular weight excluding hydrogens is 297 g/mol. The van der Waals surface area contributed by atoms with Crippen LogP contribution in [0.2, 0.25) is 0 Å². The van der Waals surface area contributed by atoms with Gasteiger partial charge in [-0.15, -0.1) is 0 Å². The normalized spacial score (nSPS) is 14.8. The van der Waals surface area contributed by atoms with Gasteiger partial charge in [-0.3, -0.25) is 4.79 Å². The molecule has 3 N–H and O–H groups in total. The van der Waals surface area contributed by atoms with E-state index in [0.29, 0.717) is 5.75 Å². The number of hydrogen-bond donors (Lipinski definition) is 2. The van der Waals surface area contributed by atoms with E-state index in [4.69, 9.17) is 20.3 Å². The Kier molecular flexibility index (Phi) is 3.21. The highest BCUT2D eigenvalue weighted by molar-refractivity contribution is 9.10. The van der Waals surface area contributed by atoms with Crippen LogP contribution in [0.5, 0.6) is 11.5 Å². The van der Waals surface area contributed by atoms with E-state index in [0.717, 1.165) is 0 Å². The van der Waals surface area contributed by atoms with Gasteiger partial charge < -0.3 is 20.3 Å². The Balaban J connectivity index is 2.63. The minimum atomic E-state index is -1.21. The number of carboxylic acid groups (broad SMARTS) is 1. The molecule has 0 bridgehead atoms. The number of rotatable bonds is 3. The van der Waals surface area contributed by atoms with E-state index < -0.39 is 17.7 Å². The Morgan fingerprint density at radius 2 is 2.35 bits per heavy atom. The summed E-state index contributed by atoms with van der Waals surface area (Å²) in [6, 6.07) is 1.40. The fourth-order valence-corrected chi connectivity index (χ4v) is 2.09. The second-order valence-electron chi connectivity index (χ2n) is 3.45. The Morgan fingerprint density at radius 1 is 1.65 bits per heavy atom. The van der Waals surface area contributed by atoms with Gasteiger partial charge in [0, 0.05) is 12.6 Å². The summed E-state index contributed by atoms with van der Waals surface area (Å²) in [4.78, 5) is 11.0. The van der Waals surface area contributed by atoms with Crippen LogP contribution in [0.4, 0.5) is 4.39 Å². The fraction of sp³-hybridized carbons (Fsp3) is 0.300. The van der Waals surface area contributed by atoms with Crippen LogP contribution >= 0.6 is 15.9 Å². The van der Waals surface area contributed by atoms with Gasteiger partial charge in [0.1, 0.15) is 11.7 Å². The van der Waals surface area contributed by atoms with Gasteiger partial charge >= 0.3 is 5.97 Å². The largest absolute Gasteiger partial charge is 0.481 e. The van der Waals surface area contributed by atoms with Gasteiger partial charge in [-0.25, -0.2) is 4.39 Å². The molecule has 0 amide bonds. The van der Waals surface area contributed by atoms with Gasteiger partial charge in [0.2, 0.25) is 6.79 Å². The maximum atomic E-state index is 14.0. The van der Waals surface area contributed by atoms with Crippen LogP contribution in [-0.4, -0.2) is 24.4 Å². The molecule has 0 saturated heterocycles. The summed E-state index contributed by atoms with van der Waals surface area (Å²) in [6.07, 6.45) is 0. The van der Waals surface area contributed by atoms with E-state index in [-0.39, 0.29) is 29.1 Å². The molecule has 17 heavy (non-hydrogen) atoms. The summed E-state index contributed by atoms with van der Waals surface area (Å²) in [5.74, 6) is -2.63. The molecule has 1 heterocycles. The van der Waals surface area contributed by atoms with Crippen LogP contribution in [0.3, 0.4) is 0 Å². The van der Waals surface area contributed by atoms with E-state index in [9.17, 15) is 9.18 Å². The number of fused-ring (bicyclic) bond motifs is 1. The summed E-state index contributed by atoms with van der Waals surface area (Å²) in [7, 11) is 0. The van der Waals surface area contributed by atoms with Gasteiger partial charge in [-0.2, -0.15) is 0 Å². The second kappa shape index (κ2) is 4.50. The van der Waals surface area contributed by atoms with Gasteiger partial charge in [0.15, 0.2) is 11.5 Å². The van der Waals surface area contributed by atoms with Crippen LogP contribution in [-0.2, 0) is 4.79 Å². The lowest BCUT2D eigenvalue weighted by atomic mass is 9.97. The second-order valence-corrected chi connectivity index (χ2v) is 4.30. The van der Waals surface area contributed by atoms with Gasteiger partial charge in [0.25, 0.3) is 0 Å². The van der Waals surface area contributed by atoms with Crippen molar-refractivity contribution in [2.24, 2.45) is 5.73 Å². The lowest BCUT2D eigenvalue weighted by Gasteiger charge is -2.14. The predicted molar refractivity (Wildman–Crippen MR) is 59.7 cm³/mol. The Hall–Kier alpha value is -1.34. The Morgan fingerprint density at radius 3 is 2.94 bits per heavy atom. The molecule has 0 spiro atoms. The number of carboxylic acids is 1. The lowest BCUT2D eigenvalue weighted by molar-refractivity contribution is -0.138. The van der Waals surface area contributed by atoms with Crippen molar-refractivity contribution < 1.29 is 23.8 Å². The maximum Gasteiger partial charge on any atom is 0.312 e. The predicted octanol–water partition coefficient (Wildman–Crippen LogP) is 1.44. The highest BCUT2D eigenvalue weighted by atomic mass is 79.9. The molecule has 92 valence electrons. The van der Waals surface area contributed by atoms with Crippen LogP contribution in [0.1, 0.15) is 11.5 Å². The van der Waals surface area contributed by atoms with E-state index in [1.165, 1.54) is 6.07 Å². The van der Waals surface area contributed by atoms with Gasteiger partial charge in [-0.05, 0) is 15.9 Å². The average molecular weight is 306 g/mol. The van der Waals surface area contributed by atoms with Crippen LogP contribution < -0.4 is 15.2 Å². The number of benzene rings is 1. The first-order chi connectivity index (χ1) is 8.06. The third-order valence-corrected chi connectivity index (χ3v) is 3.05. The number of ether oxygens (including phenoxy) is 2. The molecule has 1 aromatic carbocycles. The summed E-state index contributed by atoms with van der Waals surface area (Å²) in [5, 5.41) is 9.01. The lowest BCUT2D eigenvalue weighted by Crippen LogP contribution is -2.22. The summed E-state index contributed by atoms with van der Waals surface area (Å²) in [5.41, 5.74) is 5.28. The van der Waals surface area contributed by atoms with Crippen molar-refractivity contribution >= 4 is 21.9 Å². The van der Waals surface area contributed by atoms with Crippen LogP contribution in [0.25, 0.3) is 0 Å². The number of nitrogens with two attached hydrogens (primary N) is 1. The molecule has 1 aromatic rings. The Labute approximate surface area is 104 Å². The minimum absolute atomic E-state index is 0.0604. The quantitative estimate of drug-likeness (QED) is 0.883. The van der Waals surface area contributed by atoms with Gasteiger partial charge in [-0.1, -0.05) is 0 Å². The summed E-state index contributed by atoms with van der Waals surface area (Å²) < 4.78 is 24.3. The molecule has 0 aliphatic carbocycles. The maximum absolute atomic E-state index is 14.0. The monoisotopic (exact) mass is 305 g/mol. The molecule has 0 fully saturated rings. The fourth-order valence-electron chi connectivity index (χ4n) is 1.67. The van der Waals surface area contributed by atoms with Gasteiger partial charge in [0.05, 0.1) is 10.0 Å². The van der Waals surface area contributed by atoms with Crippen molar-refractivity contribution in [1.82, 2.24) is 0 Å². The van der Waals surface area contributed by atoms with E-state index in [1.54, 1.807) is 0 Å². The van der Waals surface area contributed by atoms with Crippen LogP contribution in [0.15, 0.2) is 10.5 Å². The first kappa shape index (κ1) is 12.1. The van der Waals surface area contributed by atoms with E-state index >= 15 is 0 Å². The third kappa shape index (κ3) is 1.96. The highest BCUT2D eigenvalue weighted by Crippen LogP contribution is 2.43. The zero-order valence-electron chi connectivity index (χ0n) is 8.57. The molecule has 5 nitrogen and oxygen atoms in total. The first-order valence-corrected chi connectivity index (χ1v) is 5.56. The molecule has 1 atom stereocenters. The number of halogens is 2. The van der Waals surface area contributed by atoms with E-state index in [2.05, 4.69) is 15.9 Å². The first-order valence-electron chi connectivity index (χ1n) is 4.76. The molecule has 1 unspecified atom stereocenters. The van der Waals surface area contributed by atoms with Crippen LogP contribution in [0, 0.1) is 5.82 Å². The van der Waals surface area contributed by atoms with Crippen molar-refractivity contribution in [3.8, 4) is 11.5 Å². The zero-order valence-corrected chi connectivity index (χ0v) is 10.2. The standard InChI is InChI=1S/C10H9BrFNO4/c11-5-1-6-9(17-3-16-6)7(8(5)12)4(2-13)10(14)15/h1,4H,2-3,13H2,(H,14,15). The molecule has 1 aliphatic heterocycles. The number of aliphatic carboxylic acids is 1. The highest BCUT2D eigenvalue weighted by Gasteiger charge is 2.32. The zero-order chi connectivity index (χ0) is 12.6.